The number of aryl methyl sites for hydroxylation is 2. The molecular weight excluding hydrogens is 1030 g/mol. The van der Waals surface area contributed by atoms with Crippen LogP contribution < -0.4 is 34.6 Å². The third-order valence-corrected chi connectivity index (χ3v) is 11.2. The lowest BCUT2D eigenvalue weighted by Crippen LogP contribution is -2.35. The summed E-state index contributed by atoms with van der Waals surface area (Å²) in [5.41, 5.74) is 0.602. The quantitative estimate of drug-likeness (QED) is 0.0273. The van der Waals surface area contributed by atoms with Gasteiger partial charge in [0.1, 0.15) is 25.0 Å². The van der Waals surface area contributed by atoms with Gasteiger partial charge in [0.05, 0.1) is 60.9 Å². The summed E-state index contributed by atoms with van der Waals surface area (Å²) in [6.45, 7) is 2.95. The van der Waals surface area contributed by atoms with Crippen molar-refractivity contribution >= 4 is 81.5 Å². The van der Waals surface area contributed by atoms with Crippen LogP contribution in [0.5, 0.6) is 11.8 Å². The molecule has 5 N–H and O–H groups in total. The maximum atomic E-state index is 14.5. The molecular formula is C42H55ClF4N7O14PS2. The third-order valence-electron chi connectivity index (χ3n) is 8.88. The minimum absolute atomic E-state index is 0.000883. The molecule has 21 nitrogen and oxygen atoms in total. The van der Waals surface area contributed by atoms with E-state index in [0.29, 0.717) is 41.5 Å². The third kappa shape index (κ3) is 22.7. The SMILES string of the molecule is CCCCCOC(=O)COc1cc(N2C(=O)C3=C(CCCC3)C2=O)c(F)cc1Cl.COc1nc(C)nc(NC(=O)NS(=O)(=O)c2ccccc2CCC(F)(F)F)n1.C[S+](C)C.O=C(O)CNCP(=O)([O-])O. The van der Waals surface area contributed by atoms with E-state index in [1.807, 2.05) is 12.2 Å². The molecule has 71 heavy (non-hydrogen) atoms. The number of esters is 1. The number of sulfonamides is 1. The standard InChI is InChI=1S/C21H23ClFNO5.C15H16F3N5O4S.C3H8NO5P.C3H9S/c1-2-3-6-9-28-19(25)12-29-18-11-17(16(23)10-15(18)22)24-20(26)13-7-4-5-8-14(13)21(24)27;1-9-19-12(22-14(20-9)27-2)21-13(24)23-28(25,26)11-6-4-3-5-10(11)7-8-15(16,17)18;5-3(6)1-4-2-10(7,8)9;1-4(2)3/h10-11H,2-9,12H2,1H3;3-6H,7-8H2,1-2H3,(H2,19,20,21,22,23,24);4H,1-2H2,(H,5,6)(H2,7,8,9);1-3H3/q;;;+1/p-1. The number of carboxylic acids is 1. The van der Waals surface area contributed by atoms with Crippen molar-refractivity contribution in [3.8, 4) is 11.8 Å². The van der Waals surface area contributed by atoms with Crippen LogP contribution in [0.1, 0.15) is 69.7 Å². The number of rotatable bonds is 18. The number of ether oxygens (including phenoxy) is 3. The smallest absolute Gasteiger partial charge is 0.389 e. The highest BCUT2D eigenvalue weighted by atomic mass is 35.5. The van der Waals surface area contributed by atoms with Gasteiger partial charge in [-0.2, -0.15) is 28.1 Å². The second-order valence-electron chi connectivity index (χ2n) is 15.4. The van der Waals surface area contributed by atoms with Crippen LogP contribution in [0.15, 0.2) is 52.4 Å². The highest BCUT2D eigenvalue weighted by Gasteiger charge is 2.41. The highest BCUT2D eigenvalue weighted by molar-refractivity contribution is 7.94. The van der Waals surface area contributed by atoms with Gasteiger partial charge in [-0.15, -0.1) is 0 Å². The number of carbonyl (C=O) groups is 5. The summed E-state index contributed by atoms with van der Waals surface area (Å²) in [7, 11) is -6.85. The lowest BCUT2D eigenvalue weighted by molar-refractivity contribution is -0.193. The summed E-state index contributed by atoms with van der Waals surface area (Å²) in [6, 6.07) is 5.96. The normalized spacial score (nSPS) is 14.1. The molecule has 0 bridgehead atoms. The molecule has 29 heteroatoms. The Kier molecular flexibility index (Phi) is 25.3. The number of amides is 4. The molecule has 2 aromatic carbocycles. The number of carbonyl (C=O) groups excluding carboxylic acids is 4. The van der Waals surface area contributed by atoms with Gasteiger partial charge in [-0.25, -0.2) is 32.0 Å². The predicted molar refractivity (Wildman–Crippen MR) is 252 cm³/mol. The number of nitrogens with one attached hydrogen (secondary N) is 3. The summed E-state index contributed by atoms with van der Waals surface area (Å²) in [4.78, 5) is 88.6. The van der Waals surface area contributed by atoms with E-state index in [-0.39, 0.29) is 39.8 Å². The van der Waals surface area contributed by atoms with Crippen molar-refractivity contribution in [2.75, 3.05) is 62.1 Å². The number of methoxy groups -OCH3 is 1. The van der Waals surface area contributed by atoms with E-state index in [4.69, 9.17) is 35.8 Å². The average molecular weight is 1090 g/mol. The van der Waals surface area contributed by atoms with Crippen molar-refractivity contribution < 1.29 is 83.6 Å². The summed E-state index contributed by atoms with van der Waals surface area (Å²) in [5.74, 6) is -3.63. The van der Waals surface area contributed by atoms with Gasteiger partial charge in [0.2, 0.25) is 5.95 Å². The van der Waals surface area contributed by atoms with Crippen molar-refractivity contribution in [2.45, 2.75) is 82.7 Å². The first kappa shape index (κ1) is 61.7. The van der Waals surface area contributed by atoms with Crippen LogP contribution >= 0.6 is 19.2 Å². The zero-order valence-corrected chi connectivity index (χ0v) is 42.7. The van der Waals surface area contributed by atoms with E-state index in [1.165, 1.54) is 38.3 Å². The largest absolute Gasteiger partial charge is 0.778 e. The minimum atomic E-state index is -4.45. The van der Waals surface area contributed by atoms with Crippen LogP contribution in [0.3, 0.4) is 0 Å². The molecule has 1 unspecified atom stereocenters. The topological polar surface area (TPSA) is 306 Å². The van der Waals surface area contributed by atoms with Crippen LogP contribution in [0.25, 0.3) is 0 Å². The Labute approximate surface area is 415 Å². The second-order valence-corrected chi connectivity index (χ2v) is 21.5. The van der Waals surface area contributed by atoms with Crippen molar-refractivity contribution in [1.82, 2.24) is 25.0 Å². The first-order chi connectivity index (χ1) is 33.1. The number of halogens is 5. The molecule has 1 aliphatic heterocycles. The zero-order chi connectivity index (χ0) is 53.7. The lowest BCUT2D eigenvalue weighted by atomic mass is 9.93. The number of unbranched alkanes of at least 4 members (excludes halogenated alkanes) is 2. The molecule has 2 heterocycles. The molecule has 0 saturated heterocycles. The number of alkyl halides is 3. The number of carboxylic acid groups (broad SMARTS) is 1. The first-order valence-corrected chi connectivity index (χ1v) is 27.2. The summed E-state index contributed by atoms with van der Waals surface area (Å²) < 4.78 is 104. The number of hydrogen-bond donors (Lipinski definition) is 5. The van der Waals surface area contributed by atoms with Crippen LogP contribution in [-0.2, 0) is 55.8 Å². The Morgan fingerprint density at radius 1 is 1.01 bits per heavy atom. The Hall–Kier alpha value is -5.44. The number of benzene rings is 2. The summed E-state index contributed by atoms with van der Waals surface area (Å²) in [6.07, 6.45) is 5.08. The van der Waals surface area contributed by atoms with E-state index < -0.39 is 96.6 Å². The van der Waals surface area contributed by atoms with Crippen molar-refractivity contribution in [1.29, 1.82) is 0 Å². The Balaban J connectivity index is 0.000000385. The molecule has 2 aliphatic rings. The molecule has 0 spiro atoms. The minimum Gasteiger partial charge on any atom is -0.778 e. The van der Waals surface area contributed by atoms with Crippen LogP contribution in [-0.4, -0.2) is 121 Å². The molecule has 0 fully saturated rings. The number of urea groups is 1. The number of anilines is 2. The predicted octanol–water partition coefficient (Wildman–Crippen LogP) is 5.19. The van der Waals surface area contributed by atoms with Crippen molar-refractivity contribution in [2.24, 2.45) is 0 Å². The fourth-order valence-electron chi connectivity index (χ4n) is 5.94. The Morgan fingerprint density at radius 2 is 1.62 bits per heavy atom. The number of imide groups is 1. The van der Waals surface area contributed by atoms with Crippen molar-refractivity contribution in [3.05, 3.63) is 69.8 Å². The van der Waals surface area contributed by atoms with Gasteiger partial charge in [-0.3, -0.25) is 25.0 Å². The molecule has 394 valence electrons. The maximum Gasteiger partial charge on any atom is 0.389 e. The molecule has 1 aliphatic carbocycles. The average Bonchev–Trinajstić information content (AvgIpc) is 3.51. The second kappa shape index (κ2) is 29.2. The van der Waals surface area contributed by atoms with Gasteiger partial charge >= 0.3 is 30.2 Å². The van der Waals surface area contributed by atoms with Gasteiger partial charge in [-0.05, 0) is 74.0 Å². The molecule has 4 amide bonds. The molecule has 3 aromatic rings. The van der Waals surface area contributed by atoms with Crippen molar-refractivity contribution in [3.63, 3.8) is 0 Å². The van der Waals surface area contributed by atoms with E-state index in [2.05, 4.69) is 39.0 Å². The van der Waals surface area contributed by atoms with E-state index in [1.54, 1.807) is 4.72 Å². The number of aromatic nitrogens is 3. The fourth-order valence-corrected chi connectivity index (χ4v) is 7.71. The zero-order valence-electron chi connectivity index (χ0n) is 39.4. The van der Waals surface area contributed by atoms with E-state index >= 15 is 0 Å². The van der Waals surface area contributed by atoms with Gasteiger partial charge in [0.25, 0.3) is 21.8 Å². The van der Waals surface area contributed by atoms with Crippen LogP contribution in [0.4, 0.5) is 34.0 Å². The lowest BCUT2D eigenvalue weighted by Gasteiger charge is -2.18. The number of aliphatic carboxylic acids is 1. The highest BCUT2D eigenvalue weighted by Crippen LogP contribution is 2.39. The molecule has 0 saturated carbocycles. The van der Waals surface area contributed by atoms with Gasteiger partial charge < -0.3 is 33.7 Å². The summed E-state index contributed by atoms with van der Waals surface area (Å²) >= 11 is 6.02. The van der Waals surface area contributed by atoms with Gasteiger partial charge in [0.15, 0.2) is 6.61 Å². The molecule has 0 radical (unpaired) electrons. The van der Waals surface area contributed by atoms with Gasteiger partial charge in [-0.1, -0.05) is 49.6 Å². The number of nitrogens with zero attached hydrogens (tertiary/aromatic N) is 4. The van der Waals surface area contributed by atoms with Crippen LogP contribution in [0, 0.1) is 12.7 Å². The Bertz CT molecular complexity index is 2510. The Morgan fingerprint density at radius 3 is 2.17 bits per heavy atom. The molecule has 1 atom stereocenters. The van der Waals surface area contributed by atoms with E-state index in [0.717, 1.165) is 49.1 Å². The molecule has 5 rings (SSSR count). The number of hydrogen-bond acceptors (Lipinski definition) is 16. The van der Waals surface area contributed by atoms with Crippen LogP contribution in [0.2, 0.25) is 5.02 Å². The summed E-state index contributed by atoms with van der Waals surface area (Å²) in [5, 5.41) is 12.0. The maximum absolute atomic E-state index is 14.5. The van der Waals surface area contributed by atoms with Gasteiger partial charge in [0, 0.05) is 23.6 Å². The monoisotopic (exact) mass is 1090 g/mol. The van der Waals surface area contributed by atoms with E-state index in [9.17, 15) is 59.4 Å². The molecule has 1 aromatic heterocycles. The fraction of sp³-hybridized carbons (Fsp3) is 0.476. The first-order valence-electron chi connectivity index (χ1n) is 21.2.